The third-order valence-electron chi connectivity index (χ3n) is 2.47. The van der Waals surface area contributed by atoms with Gasteiger partial charge in [-0.05, 0) is 31.4 Å². The summed E-state index contributed by atoms with van der Waals surface area (Å²) < 4.78 is 0. The van der Waals surface area contributed by atoms with E-state index in [1.807, 2.05) is 25.1 Å². The molecule has 0 radical (unpaired) electrons. The van der Waals surface area contributed by atoms with E-state index in [-0.39, 0.29) is 0 Å². The van der Waals surface area contributed by atoms with E-state index in [0.29, 0.717) is 12.0 Å². The molecule has 0 spiro atoms. The van der Waals surface area contributed by atoms with Gasteiger partial charge in [-0.3, -0.25) is 0 Å². The van der Waals surface area contributed by atoms with E-state index in [9.17, 15) is 0 Å². The van der Waals surface area contributed by atoms with Gasteiger partial charge in [0.25, 0.3) is 0 Å². The number of anilines is 1. The molecule has 0 bridgehead atoms. The number of nitrogens with zero attached hydrogens (tertiary/aromatic N) is 1. The Balaban J connectivity index is 2.67. The maximum atomic E-state index is 4.43. The fourth-order valence-corrected chi connectivity index (χ4v) is 1.55. The first-order chi connectivity index (χ1) is 6.63. The zero-order valence-corrected chi connectivity index (χ0v) is 9.54. The van der Waals surface area contributed by atoms with Crippen molar-refractivity contribution in [1.82, 2.24) is 4.98 Å². The largest absolute Gasteiger partial charge is 0.367 e. The number of hydrogen-bond acceptors (Lipinski definition) is 2. The van der Waals surface area contributed by atoms with Crippen LogP contribution in [0.3, 0.4) is 0 Å². The Morgan fingerprint density at radius 3 is 2.57 bits per heavy atom. The summed E-state index contributed by atoms with van der Waals surface area (Å²) in [6.45, 7) is 8.68. The lowest BCUT2D eigenvalue weighted by Crippen LogP contribution is -2.25. The molecule has 0 saturated carbocycles. The minimum absolute atomic E-state index is 0.518. The predicted molar refractivity (Wildman–Crippen MR) is 61.5 cm³/mol. The molecular formula is C12H20N2. The number of aryl methyl sites for hydroxylation is 1. The number of rotatable bonds is 4. The van der Waals surface area contributed by atoms with Gasteiger partial charge in [-0.25, -0.2) is 4.98 Å². The topological polar surface area (TPSA) is 24.9 Å². The lowest BCUT2D eigenvalue weighted by atomic mass is 10.0. The highest BCUT2D eigenvalue weighted by molar-refractivity contribution is 5.36. The van der Waals surface area contributed by atoms with E-state index in [1.165, 1.54) is 0 Å². The molecule has 1 atom stereocenters. The number of pyridine rings is 1. The molecule has 1 aromatic rings. The molecule has 0 aromatic carbocycles. The summed E-state index contributed by atoms with van der Waals surface area (Å²) in [5.74, 6) is 1.63. The molecule has 1 N–H and O–H groups in total. The summed E-state index contributed by atoms with van der Waals surface area (Å²) in [5, 5.41) is 3.46. The summed E-state index contributed by atoms with van der Waals surface area (Å²) in [4.78, 5) is 4.43. The lowest BCUT2D eigenvalue weighted by molar-refractivity contribution is 0.510. The molecule has 2 nitrogen and oxygen atoms in total. The van der Waals surface area contributed by atoms with Crippen molar-refractivity contribution in [2.45, 2.75) is 40.2 Å². The van der Waals surface area contributed by atoms with Gasteiger partial charge in [0.15, 0.2) is 0 Å². The highest BCUT2D eigenvalue weighted by Gasteiger charge is 2.10. The fraction of sp³-hybridized carbons (Fsp3) is 0.583. The molecule has 0 aliphatic heterocycles. The minimum Gasteiger partial charge on any atom is -0.367 e. The molecule has 0 fully saturated rings. The van der Waals surface area contributed by atoms with Crippen molar-refractivity contribution in [1.29, 1.82) is 0 Å². The number of nitrogens with one attached hydrogen (secondary N) is 1. The Morgan fingerprint density at radius 1 is 1.36 bits per heavy atom. The molecule has 78 valence electrons. The molecular weight excluding hydrogens is 172 g/mol. The molecule has 1 rings (SSSR count). The first-order valence-electron chi connectivity index (χ1n) is 5.33. The van der Waals surface area contributed by atoms with Gasteiger partial charge >= 0.3 is 0 Å². The summed E-state index contributed by atoms with van der Waals surface area (Å²) in [5.41, 5.74) is 1.06. The molecule has 14 heavy (non-hydrogen) atoms. The van der Waals surface area contributed by atoms with Crippen LogP contribution in [-0.4, -0.2) is 11.0 Å². The summed E-state index contributed by atoms with van der Waals surface area (Å²) >= 11 is 0. The Hall–Kier alpha value is -1.05. The van der Waals surface area contributed by atoms with Crippen LogP contribution in [0, 0.1) is 12.8 Å². The van der Waals surface area contributed by atoms with Crippen LogP contribution in [0.15, 0.2) is 18.2 Å². The standard InChI is InChI=1S/C12H20N2/c1-5-11(9(2)3)14-12-8-6-7-10(4)13-12/h6-9,11H,5H2,1-4H3,(H,13,14). The van der Waals surface area contributed by atoms with E-state index in [4.69, 9.17) is 0 Å². The van der Waals surface area contributed by atoms with E-state index < -0.39 is 0 Å². The van der Waals surface area contributed by atoms with Gasteiger partial charge in [-0.1, -0.05) is 26.8 Å². The normalized spacial score (nSPS) is 12.9. The van der Waals surface area contributed by atoms with Crippen LogP contribution in [0.4, 0.5) is 5.82 Å². The van der Waals surface area contributed by atoms with Crippen LogP contribution in [-0.2, 0) is 0 Å². The molecule has 1 aromatic heterocycles. The quantitative estimate of drug-likeness (QED) is 0.792. The van der Waals surface area contributed by atoms with E-state index in [2.05, 4.69) is 31.1 Å². The average Bonchev–Trinajstić information content (AvgIpc) is 2.14. The van der Waals surface area contributed by atoms with Gasteiger partial charge < -0.3 is 5.32 Å². The van der Waals surface area contributed by atoms with Crippen LogP contribution in [0.25, 0.3) is 0 Å². The van der Waals surface area contributed by atoms with Crippen molar-refractivity contribution in [2.75, 3.05) is 5.32 Å². The highest BCUT2D eigenvalue weighted by Crippen LogP contribution is 2.13. The molecule has 0 saturated heterocycles. The zero-order valence-electron chi connectivity index (χ0n) is 9.54. The van der Waals surface area contributed by atoms with E-state index in [1.54, 1.807) is 0 Å². The Morgan fingerprint density at radius 2 is 2.07 bits per heavy atom. The SMILES string of the molecule is CCC(Nc1cccc(C)n1)C(C)C. The molecule has 0 aliphatic rings. The van der Waals surface area contributed by atoms with E-state index in [0.717, 1.165) is 17.9 Å². The highest BCUT2D eigenvalue weighted by atomic mass is 15.0. The van der Waals surface area contributed by atoms with Crippen molar-refractivity contribution < 1.29 is 0 Å². The van der Waals surface area contributed by atoms with Gasteiger partial charge in [-0.2, -0.15) is 0 Å². The van der Waals surface area contributed by atoms with Crippen LogP contribution >= 0.6 is 0 Å². The Kier molecular flexibility index (Phi) is 3.93. The van der Waals surface area contributed by atoms with Crippen molar-refractivity contribution in [3.8, 4) is 0 Å². The van der Waals surface area contributed by atoms with Crippen molar-refractivity contribution in [3.05, 3.63) is 23.9 Å². The monoisotopic (exact) mass is 192 g/mol. The maximum Gasteiger partial charge on any atom is 0.126 e. The minimum atomic E-state index is 0.518. The van der Waals surface area contributed by atoms with Gasteiger partial charge in [0, 0.05) is 11.7 Å². The summed E-state index contributed by atoms with van der Waals surface area (Å²) in [7, 11) is 0. The first-order valence-corrected chi connectivity index (χ1v) is 5.33. The van der Waals surface area contributed by atoms with E-state index >= 15 is 0 Å². The summed E-state index contributed by atoms with van der Waals surface area (Å²) in [6, 6.07) is 6.60. The number of hydrogen-bond donors (Lipinski definition) is 1. The van der Waals surface area contributed by atoms with Gasteiger partial charge in [0.05, 0.1) is 0 Å². The van der Waals surface area contributed by atoms with Crippen LogP contribution in [0.1, 0.15) is 32.9 Å². The van der Waals surface area contributed by atoms with Gasteiger partial charge in [-0.15, -0.1) is 0 Å². The lowest BCUT2D eigenvalue weighted by Gasteiger charge is -2.21. The van der Waals surface area contributed by atoms with Gasteiger partial charge in [0.2, 0.25) is 0 Å². The maximum absolute atomic E-state index is 4.43. The number of aromatic nitrogens is 1. The molecule has 2 heteroatoms. The fourth-order valence-electron chi connectivity index (χ4n) is 1.55. The third-order valence-corrected chi connectivity index (χ3v) is 2.47. The summed E-state index contributed by atoms with van der Waals surface area (Å²) in [6.07, 6.45) is 1.13. The molecule has 0 amide bonds. The Bertz CT molecular complexity index is 281. The average molecular weight is 192 g/mol. The molecule has 1 unspecified atom stereocenters. The second kappa shape index (κ2) is 4.99. The molecule has 0 aliphatic carbocycles. The Labute approximate surface area is 86.8 Å². The van der Waals surface area contributed by atoms with Crippen molar-refractivity contribution in [2.24, 2.45) is 5.92 Å². The second-order valence-electron chi connectivity index (χ2n) is 4.07. The predicted octanol–water partition coefficient (Wildman–Crippen LogP) is 3.24. The van der Waals surface area contributed by atoms with Crippen molar-refractivity contribution >= 4 is 5.82 Å². The third kappa shape index (κ3) is 3.02. The van der Waals surface area contributed by atoms with Crippen molar-refractivity contribution in [3.63, 3.8) is 0 Å². The smallest absolute Gasteiger partial charge is 0.126 e. The van der Waals surface area contributed by atoms with Gasteiger partial charge in [0.1, 0.15) is 5.82 Å². The first kappa shape index (κ1) is 11.0. The van der Waals surface area contributed by atoms with Crippen LogP contribution < -0.4 is 5.32 Å². The van der Waals surface area contributed by atoms with Crippen LogP contribution in [0.5, 0.6) is 0 Å². The second-order valence-corrected chi connectivity index (χ2v) is 4.07. The zero-order chi connectivity index (χ0) is 10.6. The molecule has 1 heterocycles. The van der Waals surface area contributed by atoms with Crippen LogP contribution in [0.2, 0.25) is 0 Å².